The molecule has 0 unspecified atom stereocenters. The minimum absolute atomic E-state index is 0.0721. The number of allylic oxidation sites excluding steroid dienone is 1. The van der Waals surface area contributed by atoms with Gasteiger partial charge in [-0.25, -0.2) is 13.5 Å². The molecule has 92 valence electrons. The second-order valence-electron chi connectivity index (χ2n) is 3.54. The van der Waals surface area contributed by atoms with Gasteiger partial charge in [0.15, 0.2) is 23.6 Å². The van der Waals surface area contributed by atoms with E-state index in [1.54, 1.807) is 6.08 Å². The van der Waals surface area contributed by atoms with Crippen LogP contribution in [-0.4, -0.2) is 21.3 Å². The van der Waals surface area contributed by atoms with Crippen LogP contribution in [0.4, 0.5) is 8.78 Å². The highest BCUT2D eigenvalue weighted by Crippen LogP contribution is 2.23. The van der Waals surface area contributed by atoms with Crippen LogP contribution in [0.2, 0.25) is 0 Å². The van der Waals surface area contributed by atoms with Crippen LogP contribution in [-0.2, 0) is 6.54 Å². The Bertz CT molecular complexity index is 607. The molecule has 0 aliphatic heterocycles. The zero-order valence-corrected chi connectivity index (χ0v) is 9.31. The molecule has 1 aromatic heterocycles. The summed E-state index contributed by atoms with van der Waals surface area (Å²) in [4.78, 5) is 10.9. The van der Waals surface area contributed by atoms with Crippen LogP contribution in [0.15, 0.2) is 30.9 Å². The summed E-state index contributed by atoms with van der Waals surface area (Å²) in [5.41, 5.74) is 0.745. The van der Waals surface area contributed by atoms with Gasteiger partial charge in [0.2, 0.25) is 0 Å². The fraction of sp³-hybridized carbons (Fsp3) is 0.0833. The molecular formula is C12H9F2N3O. The van der Waals surface area contributed by atoms with Gasteiger partial charge in [-0.05, 0) is 18.2 Å². The number of hydrogen-bond acceptors (Lipinski definition) is 3. The van der Waals surface area contributed by atoms with Crippen molar-refractivity contribution in [2.45, 2.75) is 6.54 Å². The van der Waals surface area contributed by atoms with E-state index in [1.165, 1.54) is 10.7 Å². The molecule has 0 spiro atoms. The first-order valence-electron chi connectivity index (χ1n) is 5.12. The molecule has 0 aliphatic rings. The Balaban J connectivity index is 2.60. The third-order valence-corrected chi connectivity index (χ3v) is 2.37. The maximum Gasteiger partial charge on any atom is 0.172 e. The monoisotopic (exact) mass is 249 g/mol. The van der Waals surface area contributed by atoms with Crippen LogP contribution >= 0.6 is 0 Å². The number of carbonyl (C=O) groups excluding carboxylic acids is 1. The largest absolute Gasteiger partial charge is 0.296 e. The first kappa shape index (κ1) is 12.1. The Morgan fingerprint density at radius 2 is 2.11 bits per heavy atom. The third-order valence-electron chi connectivity index (χ3n) is 2.37. The third kappa shape index (κ3) is 2.04. The average Bonchev–Trinajstić information content (AvgIpc) is 2.76. The summed E-state index contributed by atoms with van der Waals surface area (Å²) in [6, 6.07) is 3.36. The van der Waals surface area contributed by atoms with Crippen molar-refractivity contribution < 1.29 is 13.6 Å². The molecule has 1 aromatic carbocycles. The molecule has 0 amide bonds. The van der Waals surface area contributed by atoms with E-state index in [4.69, 9.17) is 0 Å². The van der Waals surface area contributed by atoms with Crippen molar-refractivity contribution >= 4 is 6.29 Å². The lowest BCUT2D eigenvalue weighted by Gasteiger charge is -2.05. The SMILES string of the molecule is C=CCn1nnc(C=O)c1-c1ccc(F)c(F)c1. The van der Waals surface area contributed by atoms with E-state index in [1.807, 2.05) is 0 Å². The van der Waals surface area contributed by atoms with Crippen molar-refractivity contribution in [2.75, 3.05) is 0 Å². The van der Waals surface area contributed by atoms with Crippen molar-refractivity contribution in [2.24, 2.45) is 0 Å². The highest BCUT2D eigenvalue weighted by atomic mass is 19.2. The van der Waals surface area contributed by atoms with Crippen molar-refractivity contribution in [1.82, 2.24) is 15.0 Å². The van der Waals surface area contributed by atoms with Gasteiger partial charge in [-0.3, -0.25) is 4.79 Å². The molecule has 0 saturated heterocycles. The van der Waals surface area contributed by atoms with Gasteiger partial charge in [-0.15, -0.1) is 11.7 Å². The second kappa shape index (κ2) is 4.87. The molecule has 4 nitrogen and oxygen atoms in total. The number of aldehydes is 1. The summed E-state index contributed by atoms with van der Waals surface area (Å²) in [5, 5.41) is 7.42. The van der Waals surface area contributed by atoms with Gasteiger partial charge < -0.3 is 0 Å². The van der Waals surface area contributed by atoms with Crippen LogP contribution in [0.5, 0.6) is 0 Å². The molecule has 0 N–H and O–H groups in total. The lowest BCUT2D eigenvalue weighted by molar-refractivity contribution is 0.111. The Hall–Kier alpha value is -2.37. The summed E-state index contributed by atoms with van der Waals surface area (Å²) in [5.74, 6) is -1.94. The first-order valence-corrected chi connectivity index (χ1v) is 5.12. The van der Waals surface area contributed by atoms with E-state index in [2.05, 4.69) is 16.9 Å². The van der Waals surface area contributed by atoms with Crippen molar-refractivity contribution in [3.05, 3.63) is 48.2 Å². The highest BCUT2D eigenvalue weighted by Gasteiger charge is 2.15. The quantitative estimate of drug-likeness (QED) is 0.616. The predicted octanol–water partition coefficient (Wildman–Crippen LogP) is 2.22. The van der Waals surface area contributed by atoms with E-state index in [0.717, 1.165) is 12.1 Å². The number of carbonyl (C=O) groups is 1. The second-order valence-corrected chi connectivity index (χ2v) is 3.54. The zero-order valence-electron chi connectivity index (χ0n) is 9.31. The number of halogens is 2. The number of benzene rings is 1. The summed E-state index contributed by atoms with van der Waals surface area (Å²) in [6.45, 7) is 3.86. The van der Waals surface area contributed by atoms with Crippen LogP contribution < -0.4 is 0 Å². The Labute approximate surface area is 102 Å². The van der Waals surface area contributed by atoms with Crippen LogP contribution in [0.25, 0.3) is 11.3 Å². The normalized spacial score (nSPS) is 10.3. The summed E-state index contributed by atoms with van der Waals surface area (Å²) in [6.07, 6.45) is 2.08. The van der Waals surface area contributed by atoms with Gasteiger partial charge in [0.05, 0.1) is 12.2 Å². The van der Waals surface area contributed by atoms with Gasteiger partial charge in [0, 0.05) is 5.56 Å². The molecule has 18 heavy (non-hydrogen) atoms. The molecule has 0 aliphatic carbocycles. The Morgan fingerprint density at radius 1 is 1.33 bits per heavy atom. The fourth-order valence-corrected chi connectivity index (χ4v) is 1.60. The highest BCUT2D eigenvalue weighted by molar-refractivity contribution is 5.83. The van der Waals surface area contributed by atoms with E-state index in [-0.39, 0.29) is 5.69 Å². The number of rotatable bonds is 4. The van der Waals surface area contributed by atoms with Crippen LogP contribution in [0, 0.1) is 11.6 Å². The molecule has 2 rings (SSSR count). The maximum absolute atomic E-state index is 13.2. The van der Waals surface area contributed by atoms with Crippen molar-refractivity contribution in [3.8, 4) is 11.3 Å². The summed E-state index contributed by atoms with van der Waals surface area (Å²) < 4.78 is 27.5. The average molecular weight is 249 g/mol. The molecular weight excluding hydrogens is 240 g/mol. The molecule has 0 radical (unpaired) electrons. The molecule has 6 heteroatoms. The molecule has 2 aromatic rings. The lowest BCUT2D eigenvalue weighted by atomic mass is 10.1. The lowest BCUT2D eigenvalue weighted by Crippen LogP contribution is -2.01. The van der Waals surface area contributed by atoms with E-state index in [9.17, 15) is 13.6 Å². The van der Waals surface area contributed by atoms with Gasteiger partial charge in [0.1, 0.15) is 0 Å². The van der Waals surface area contributed by atoms with Crippen LogP contribution in [0.1, 0.15) is 10.5 Å². The standard InChI is InChI=1S/C12H9F2N3O/c1-2-5-17-12(11(7-18)15-16-17)8-3-4-9(13)10(14)6-8/h2-4,6-7H,1,5H2. The summed E-state index contributed by atoms with van der Waals surface area (Å²) in [7, 11) is 0. The smallest absolute Gasteiger partial charge is 0.172 e. The van der Waals surface area contributed by atoms with Gasteiger partial charge in [0.25, 0.3) is 0 Å². The Kier molecular flexibility index (Phi) is 3.27. The van der Waals surface area contributed by atoms with E-state index in [0.29, 0.717) is 24.1 Å². The van der Waals surface area contributed by atoms with Gasteiger partial charge in [-0.2, -0.15) is 0 Å². The van der Waals surface area contributed by atoms with Gasteiger partial charge >= 0.3 is 0 Å². The minimum Gasteiger partial charge on any atom is -0.296 e. The molecule has 0 atom stereocenters. The van der Waals surface area contributed by atoms with E-state index < -0.39 is 11.6 Å². The maximum atomic E-state index is 13.2. The Morgan fingerprint density at radius 3 is 2.72 bits per heavy atom. The molecule has 0 bridgehead atoms. The topological polar surface area (TPSA) is 47.8 Å². The number of nitrogens with zero attached hydrogens (tertiary/aromatic N) is 3. The molecule has 0 saturated carbocycles. The molecule has 0 fully saturated rings. The van der Waals surface area contributed by atoms with Crippen molar-refractivity contribution in [1.29, 1.82) is 0 Å². The van der Waals surface area contributed by atoms with Gasteiger partial charge in [-0.1, -0.05) is 11.3 Å². The predicted molar refractivity (Wildman–Crippen MR) is 61.0 cm³/mol. The first-order chi connectivity index (χ1) is 8.67. The van der Waals surface area contributed by atoms with Crippen LogP contribution in [0.3, 0.4) is 0 Å². The van der Waals surface area contributed by atoms with Crippen molar-refractivity contribution in [3.63, 3.8) is 0 Å². The minimum atomic E-state index is -0.990. The summed E-state index contributed by atoms with van der Waals surface area (Å²) >= 11 is 0. The van der Waals surface area contributed by atoms with E-state index >= 15 is 0 Å². The fourth-order valence-electron chi connectivity index (χ4n) is 1.60. The molecule has 1 heterocycles. The number of aromatic nitrogens is 3. The zero-order chi connectivity index (χ0) is 13.1. The number of hydrogen-bond donors (Lipinski definition) is 0.